The lowest BCUT2D eigenvalue weighted by atomic mass is 10.3. The number of sulfonamides is 1. The summed E-state index contributed by atoms with van der Waals surface area (Å²) < 4.78 is 54.7. The van der Waals surface area contributed by atoms with Gasteiger partial charge in [-0.3, -0.25) is 4.79 Å². The van der Waals surface area contributed by atoms with E-state index in [0.717, 1.165) is 11.3 Å². The van der Waals surface area contributed by atoms with Gasteiger partial charge in [-0.2, -0.15) is 8.42 Å². The fraction of sp³-hybridized carbons (Fsp3) is 0.176. The average Bonchev–Trinajstić information content (AvgIpc) is 2.99. The molecule has 0 aliphatic heterocycles. The van der Waals surface area contributed by atoms with Crippen molar-refractivity contribution in [3.05, 3.63) is 53.1 Å². The zero-order chi connectivity index (χ0) is 19.6. The van der Waals surface area contributed by atoms with Gasteiger partial charge >= 0.3 is 5.97 Å². The molecule has 0 aliphatic rings. The molecule has 0 saturated carbocycles. The summed E-state index contributed by atoms with van der Waals surface area (Å²) in [6, 6.07) is 10.1. The van der Waals surface area contributed by atoms with Crippen molar-refractivity contribution < 1.29 is 27.1 Å². The van der Waals surface area contributed by atoms with Crippen LogP contribution in [-0.2, 0) is 26.1 Å². The minimum absolute atomic E-state index is 0.0312. The SMILES string of the molecule is COC(=O)Cn1c(=NS(=O)(=O)c2ccc(OC)cc2)sc2cccc(F)c21. The third-order valence-electron chi connectivity index (χ3n) is 3.72. The molecule has 0 bridgehead atoms. The summed E-state index contributed by atoms with van der Waals surface area (Å²) in [4.78, 5) is 11.6. The van der Waals surface area contributed by atoms with E-state index in [-0.39, 0.29) is 21.8 Å². The van der Waals surface area contributed by atoms with Gasteiger partial charge in [-0.05, 0) is 36.4 Å². The first kappa shape index (κ1) is 19.1. The van der Waals surface area contributed by atoms with E-state index in [9.17, 15) is 17.6 Å². The fourth-order valence-electron chi connectivity index (χ4n) is 2.40. The molecular weight excluding hydrogens is 395 g/mol. The molecule has 3 rings (SSSR count). The van der Waals surface area contributed by atoms with Crippen LogP contribution < -0.4 is 9.54 Å². The molecule has 0 aliphatic carbocycles. The van der Waals surface area contributed by atoms with Gasteiger partial charge in [0.1, 0.15) is 18.1 Å². The van der Waals surface area contributed by atoms with Gasteiger partial charge in [-0.15, -0.1) is 4.40 Å². The lowest BCUT2D eigenvalue weighted by Crippen LogP contribution is -2.23. The maximum atomic E-state index is 14.3. The minimum atomic E-state index is -4.08. The molecule has 0 fully saturated rings. The van der Waals surface area contributed by atoms with Crippen LogP contribution in [0.1, 0.15) is 0 Å². The summed E-state index contributed by atoms with van der Waals surface area (Å²) in [5.41, 5.74) is 0.0941. The van der Waals surface area contributed by atoms with Gasteiger partial charge in [0.2, 0.25) is 4.80 Å². The highest BCUT2D eigenvalue weighted by atomic mass is 32.2. The van der Waals surface area contributed by atoms with Gasteiger partial charge in [0.25, 0.3) is 10.0 Å². The standard InChI is InChI=1S/C17H15FN2O5S2/c1-24-11-6-8-12(9-7-11)27(22,23)19-17-20(10-15(21)25-2)16-13(18)4-3-5-14(16)26-17/h3-9H,10H2,1-2H3. The molecule has 1 heterocycles. The molecule has 0 amide bonds. The molecule has 0 saturated heterocycles. The van der Waals surface area contributed by atoms with Crippen LogP contribution in [-0.4, -0.2) is 33.2 Å². The maximum absolute atomic E-state index is 14.3. The van der Waals surface area contributed by atoms with Crippen molar-refractivity contribution in [1.29, 1.82) is 0 Å². The van der Waals surface area contributed by atoms with E-state index >= 15 is 0 Å². The second kappa shape index (κ2) is 7.49. The van der Waals surface area contributed by atoms with E-state index in [0.29, 0.717) is 10.4 Å². The van der Waals surface area contributed by atoms with Gasteiger partial charge in [0.15, 0.2) is 0 Å². The second-order valence-electron chi connectivity index (χ2n) is 5.38. The van der Waals surface area contributed by atoms with E-state index in [4.69, 9.17) is 4.74 Å². The molecule has 10 heteroatoms. The number of ether oxygens (including phenoxy) is 2. The van der Waals surface area contributed by atoms with Crippen molar-refractivity contribution in [2.75, 3.05) is 14.2 Å². The van der Waals surface area contributed by atoms with Crippen molar-refractivity contribution in [2.24, 2.45) is 4.40 Å². The molecule has 2 aromatic carbocycles. The Bertz CT molecular complexity index is 1160. The van der Waals surface area contributed by atoms with Crippen LogP contribution in [0, 0.1) is 5.82 Å². The number of carbonyl (C=O) groups excluding carboxylic acids is 1. The monoisotopic (exact) mass is 410 g/mol. The first-order valence-corrected chi connectivity index (χ1v) is 9.91. The Kier molecular flexibility index (Phi) is 5.29. The number of methoxy groups -OCH3 is 2. The fourth-order valence-corrected chi connectivity index (χ4v) is 4.65. The van der Waals surface area contributed by atoms with Crippen molar-refractivity contribution >= 4 is 37.5 Å². The summed E-state index contributed by atoms with van der Waals surface area (Å²) in [5, 5.41) is 0. The number of aromatic nitrogens is 1. The average molecular weight is 410 g/mol. The summed E-state index contributed by atoms with van der Waals surface area (Å²) in [7, 11) is -1.42. The van der Waals surface area contributed by atoms with Crippen LogP contribution in [0.4, 0.5) is 4.39 Å². The number of fused-ring (bicyclic) bond motifs is 1. The van der Waals surface area contributed by atoms with Crippen LogP contribution in [0.15, 0.2) is 51.8 Å². The topological polar surface area (TPSA) is 87.0 Å². The Hall–Kier alpha value is -2.72. The highest BCUT2D eigenvalue weighted by Crippen LogP contribution is 2.22. The first-order valence-electron chi connectivity index (χ1n) is 7.65. The maximum Gasteiger partial charge on any atom is 0.325 e. The number of hydrogen-bond donors (Lipinski definition) is 0. The summed E-state index contributed by atoms with van der Waals surface area (Å²) in [6.07, 6.45) is 0. The Morgan fingerprint density at radius 1 is 1.19 bits per heavy atom. The van der Waals surface area contributed by atoms with E-state index < -0.39 is 21.8 Å². The zero-order valence-corrected chi connectivity index (χ0v) is 16.0. The van der Waals surface area contributed by atoms with Gasteiger partial charge in [-0.1, -0.05) is 17.4 Å². The highest BCUT2D eigenvalue weighted by molar-refractivity contribution is 7.90. The van der Waals surface area contributed by atoms with Gasteiger partial charge < -0.3 is 14.0 Å². The molecule has 27 heavy (non-hydrogen) atoms. The Balaban J connectivity index is 2.20. The van der Waals surface area contributed by atoms with Crippen LogP contribution in [0.3, 0.4) is 0 Å². The highest BCUT2D eigenvalue weighted by Gasteiger charge is 2.18. The third-order valence-corrected chi connectivity index (χ3v) is 6.16. The van der Waals surface area contributed by atoms with Crippen LogP contribution in [0.25, 0.3) is 10.2 Å². The molecule has 3 aromatic rings. The molecule has 7 nitrogen and oxygen atoms in total. The predicted molar refractivity (Wildman–Crippen MR) is 97.5 cm³/mol. The Morgan fingerprint density at radius 2 is 1.89 bits per heavy atom. The molecular formula is C17H15FN2O5S2. The number of carbonyl (C=O) groups is 1. The number of rotatable bonds is 5. The van der Waals surface area contributed by atoms with E-state index in [1.807, 2.05) is 0 Å². The lowest BCUT2D eigenvalue weighted by molar-refractivity contribution is -0.141. The van der Waals surface area contributed by atoms with Crippen molar-refractivity contribution in [3.8, 4) is 5.75 Å². The van der Waals surface area contributed by atoms with Crippen molar-refractivity contribution in [3.63, 3.8) is 0 Å². The van der Waals surface area contributed by atoms with Crippen LogP contribution in [0.2, 0.25) is 0 Å². The lowest BCUT2D eigenvalue weighted by Gasteiger charge is -2.05. The largest absolute Gasteiger partial charge is 0.497 e. The summed E-state index contributed by atoms with van der Waals surface area (Å²) in [5.74, 6) is -0.740. The quantitative estimate of drug-likeness (QED) is 0.603. The summed E-state index contributed by atoms with van der Waals surface area (Å²) in [6.45, 7) is -0.367. The van der Waals surface area contributed by atoms with E-state index in [1.54, 1.807) is 6.07 Å². The van der Waals surface area contributed by atoms with Crippen LogP contribution in [0.5, 0.6) is 5.75 Å². The number of para-hydroxylation sites is 1. The Labute approximate surface area is 158 Å². The summed E-state index contributed by atoms with van der Waals surface area (Å²) >= 11 is 0.964. The van der Waals surface area contributed by atoms with Gasteiger partial charge in [-0.25, -0.2) is 4.39 Å². The molecule has 0 spiro atoms. The Morgan fingerprint density at radius 3 is 2.52 bits per heavy atom. The van der Waals surface area contributed by atoms with E-state index in [1.165, 1.54) is 55.2 Å². The second-order valence-corrected chi connectivity index (χ2v) is 7.99. The zero-order valence-electron chi connectivity index (χ0n) is 14.4. The molecule has 0 radical (unpaired) electrons. The predicted octanol–water partition coefficient (Wildman–Crippen LogP) is 2.31. The normalized spacial score (nSPS) is 12.3. The number of thiazole rings is 1. The van der Waals surface area contributed by atoms with Crippen molar-refractivity contribution in [1.82, 2.24) is 4.57 Å². The molecule has 0 atom stereocenters. The van der Waals surface area contributed by atoms with E-state index in [2.05, 4.69) is 9.13 Å². The number of esters is 1. The first-order chi connectivity index (χ1) is 12.9. The molecule has 142 valence electrons. The molecule has 1 aromatic heterocycles. The third kappa shape index (κ3) is 3.86. The number of hydrogen-bond acceptors (Lipinski definition) is 6. The number of benzene rings is 2. The number of halogens is 1. The molecule has 0 unspecified atom stereocenters. The molecule has 0 N–H and O–H groups in total. The van der Waals surface area contributed by atoms with Gasteiger partial charge in [0.05, 0.1) is 29.3 Å². The number of nitrogens with zero attached hydrogens (tertiary/aromatic N) is 2. The minimum Gasteiger partial charge on any atom is -0.497 e. The van der Waals surface area contributed by atoms with Gasteiger partial charge in [0, 0.05) is 0 Å². The van der Waals surface area contributed by atoms with Crippen molar-refractivity contribution in [2.45, 2.75) is 11.4 Å². The smallest absolute Gasteiger partial charge is 0.325 e. The van der Waals surface area contributed by atoms with Crippen LogP contribution >= 0.6 is 11.3 Å².